The molecule has 0 spiro atoms. The summed E-state index contributed by atoms with van der Waals surface area (Å²) in [7, 11) is -0.651. The number of hydrogen-bond donors (Lipinski definition) is 0. The summed E-state index contributed by atoms with van der Waals surface area (Å²) < 4.78 is 19.2. The standard InChI is InChI=1S/C30H46BNO4/c1-26(2,3)34-25(33)32(19-18-21-16-17-23-20-24(21)27(23,4)5)30(10,22-14-12-11-13-15-22)31-35-28(6,7)29(8,9)36-31/h11-16,23-24H,17-20H2,1-10H3/t23-,24-,30?/m0/s1. The molecule has 1 heterocycles. The fourth-order valence-electron chi connectivity index (χ4n) is 6.10. The van der Waals surface area contributed by atoms with Gasteiger partial charge in [0.1, 0.15) is 11.0 Å². The van der Waals surface area contributed by atoms with E-state index in [4.69, 9.17) is 14.0 Å². The minimum absolute atomic E-state index is 0.342. The minimum atomic E-state index is -0.887. The lowest BCUT2D eigenvalue weighted by Crippen LogP contribution is -2.59. The van der Waals surface area contributed by atoms with Crippen molar-refractivity contribution >= 4 is 13.2 Å². The molecule has 0 N–H and O–H groups in total. The lowest BCUT2D eigenvalue weighted by Gasteiger charge is -2.57. The maximum Gasteiger partial charge on any atom is 0.490 e. The lowest BCUT2D eigenvalue weighted by atomic mass is 9.48. The molecule has 2 fully saturated rings. The molecule has 1 aliphatic heterocycles. The zero-order chi connectivity index (χ0) is 26.7. The van der Waals surface area contributed by atoms with Crippen LogP contribution in [0, 0.1) is 17.3 Å². The Hall–Kier alpha value is -1.79. The van der Waals surface area contributed by atoms with E-state index in [9.17, 15) is 4.79 Å². The van der Waals surface area contributed by atoms with Crippen LogP contribution in [0.4, 0.5) is 4.79 Å². The molecule has 3 atom stereocenters. The van der Waals surface area contributed by atoms with Crippen molar-refractivity contribution in [2.24, 2.45) is 17.3 Å². The van der Waals surface area contributed by atoms with E-state index in [1.165, 1.54) is 12.0 Å². The van der Waals surface area contributed by atoms with Crippen LogP contribution in [0.3, 0.4) is 0 Å². The van der Waals surface area contributed by atoms with Crippen molar-refractivity contribution in [1.82, 2.24) is 4.90 Å². The van der Waals surface area contributed by atoms with Crippen LogP contribution >= 0.6 is 0 Å². The van der Waals surface area contributed by atoms with Gasteiger partial charge in [-0.1, -0.05) is 55.8 Å². The van der Waals surface area contributed by atoms with E-state index in [0.29, 0.717) is 17.9 Å². The van der Waals surface area contributed by atoms with Crippen LogP contribution in [-0.4, -0.2) is 41.5 Å². The summed E-state index contributed by atoms with van der Waals surface area (Å²) in [6.45, 7) is 21.3. The number of hydrogen-bond acceptors (Lipinski definition) is 4. The summed E-state index contributed by atoms with van der Waals surface area (Å²) in [5.74, 6) is 1.38. The number of carbonyl (C=O) groups excluding carboxylic acids is 1. The smallest absolute Gasteiger partial charge is 0.444 e. The van der Waals surface area contributed by atoms with Crippen molar-refractivity contribution in [3.8, 4) is 0 Å². The molecule has 6 heteroatoms. The fourth-order valence-corrected chi connectivity index (χ4v) is 6.10. The largest absolute Gasteiger partial charge is 0.490 e. The molecule has 5 rings (SSSR count). The normalized spacial score (nSPS) is 27.5. The first-order chi connectivity index (χ1) is 16.5. The summed E-state index contributed by atoms with van der Waals surface area (Å²) in [6.07, 6.45) is 5.30. The second-order valence-electron chi connectivity index (χ2n) is 13.8. The fraction of sp³-hybridized carbons (Fsp3) is 0.700. The highest BCUT2D eigenvalue weighted by Gasteiger charge is 2.62. The van der Waals surface area contributed by atoms with Crippen LogP contribution in [-0.2, 0) is 19.5 Å². The molecule has 5 nitrogen and oxygen atoms in total. The number of amides is 1. The van der Waals surface area contributed by atoms with Crippen molar-refractivity contribution in [1.29, 1.82) is 0 Å². The summed E-state index contributed by atoms with van der Waals surface area (Å²) in [5.41, 5.74) is 0.234. The van der Waals surface area contributed by atoms with E-state index in [-0.39, 0.29) is 6.09 Å². The quantitative estimate of drug-likeness (QED) is 0.311. The van der Waals surface area contributed by atoms with Crippen LogP contribution in [0.2, 0.25) is 0 Å². The van der Waals surface area contributed by atoms with Crippen molar-refractivity contribution in [3.63, 3.8) is 0 Å². The van der Waals surface area contributed by atoms with Crippen molar-refractivity contribution < 1.29 is 18.8 Å². The van der Waals surface area contributed by atoms with E-state index in [1.807, 2.05) is 43.9 Å². The van der Waals surface area contributed by atoms with Gasteiger partial charge in [-0.25, -0.2) is 4.79 Å². The van der Waals surface area contributed by atoms with Crippen molar-refractivity contribution in [3.05, 3.63) is 47.5 Å². The summed E-state index contributed by atoms with van der Waals surface area (Å²) in [6, 6.07) is 10.1. The van der Waals surface area contributed by atoms with E-state index in [1.54, 1.807) is 0 Å². The van der Waals surface area contributed by atoms with Gasteiger partial charge in [-0.3, -0.25) is 4.90 Å². The predicted octanol–water partition coefficient (Wildman–Crippen LogP) is 7.15. The molecular formula is C30H46BNO4. The van der Waals surface area contributed by atoms with Crippen LogP contribution in [0.15, 0.2) is 42.0 Å². The zero-order valence-electron chi connectivity index (χ0n) is 24.1. The Kier molecular flexibility index (Phi) is 6.74. The third-order valence-electron chi connectivity index (χ3n) is 9.45. The Bertz CT molecular complexity index is 994. The lowest BCUT2D eigenvalue weighted by molar-refractivity contribution is -0.0126. The summed E-state index contributed by atoms with van der Waals surface area (Å²) >= 11 is 0. The second-order valence-corrected chi connectivity index (χ2v) is 13.8. The molecule has 1 amide bonds. The number of ether oxygens (including phenoxy) is 1. The van der Waals surface area contributed by atoms with Gasteiger partial charge in [-0.15, -0.1) is 0 Å². The number of nitrogens with zero attached hydrogens (tertiary/aromatic N) is 1. The Morgan fingerprint density at radius 3 is 2.11 bits per heavy atom. The molecule has 1 aromatic rings. The number of carbonyl (C=O) groups is 1. The monoisotopic (exact) mass is 495 g/mol. The molecule has 2 bridgehead atoms. The van der Waals surface area contributed by atoms with E-state index >= 15 is 0 Å². The number of allylic oxidation sites excluding steroid dienone is 1. The van der Waals surface area contributed by atoms with Crippen molar-refractivity contribution in [2.45, 2.75) is 111 Å². The third-order valence-corrected chi connectivity index (χ3v) is 9.45. The van der Waals surface area contributed by atoms with Gasteiger partial charge in [-0.2, -0.15) is 0 Å². The van der Waals surface area contributed by atoms with E-state index in [0.717, 1.165) is 24.3 Å². The molecule has 0 aromatic heterocycles. The SMILES string of the molecule is CC(C)(C)OC(=O)N(CCC1=CC[C@H]2C[C@@H]1C2(C)C)C(C)(B1OC(C)(C)C(C)(C)O1)c1ccccc1. The maximum absolute atomic E-state index is 13.9. The Balaban J connectivity index is 1.73. The summed E-state index contributed by atoms with van der Waals surface area (Å²) in [5, 5.41) is 0. The third kappa shape index (κ3) is 4.64. The van der Waals surface area contributed by atoms with Gasteiger partial charge in [0, 0.05) is 6.54 Å². The molecular weight excluding hydrogens is 449 g/mol. The average Bonchev–Trinajstić information content (AvgIpc) is 3.00. The minimum Gasteiger partial charge on any atom is -0.444 e. The first-order valence-corrected chi connectivity index (χ1v) is 13.6. The van der Waals surface area contributed by atoms with Gasteiger partial charge in [0.15, 0.2) is 0 Å². The van der Waals surface area contributed by atoms with Gasteiger partial charge in [0.05, 0.1) is 11.2 Å². The van der Waals surface area contributed by atoms with Gasteiger partial charge in [0.25, 0.3) is 0 Å². The Morgan fingerprint density at radius 1 is 1.03 bits per heavy atom. The Labute approximate surface area is 219 Å². The summed E-state index contributed by atoms with van der Waals surface area (Å²) in [4.78, 5) is 15.8. The van der Waals surface area contributed by atoms with Crippen LogP contribution in [0.25, 0.3) is 0 Å². The molecule has 3 aliphatic carbocycles. The molecule has 1 aromatic carbocycles. The van der Waals surface area contributed by atoms with E-state index in [2.05, 4.69) is 66.7 Å². The number of fused-ring (bicyclic) bond motifs is 1. The molecule has 1 saturated heterocycles. The van der Waals surface area contributed by atoms with Gasteiger partial charge >= 0.3 is 13.2 Å². The van der Waals surface area contributed by atoms with Crippen LogP contribution in [0.1, 0.15) is 94.1 Å². The van der Waals surface area contributed by atoms with Gasteiger partial charge < -0.3 is 14.0 Å². The highest BCUT2D eigenvalue weighted by molar-refractivity contribution is 6.49. The zero-order valence-corrected chi connectivity index (χ0v) is 24.1. The highest BCUT2D eigenvalue weighted by Crippen LogP contribution is 2.60. The van der Waals surface area contributed by atoms with Crippen LogP contribution < -0.4 is 0 Å². The van der Waals surface area contributed by atoms with Gasteiger partial charge in [-0.05, 0) is 97.5 Å². The number of benzene rings is 1. The van der Waals surface area contributed by atoms with Crippen LogP contribution in [0.5, 0.6) is 0 Å². The highest BCUT2D eigenvalue weighted by atomic mass is 16.7. The van der Waals surface area contributed by atoms with Crippen molar-refractivity contribution in [2.75, 3.05) is 6.54 Å². The average molecular weight is 496 g/mol. The van der Waals surface area contributed by atoms with E-state index < -0.39 is 29.4 Å². The molecule has 1 saturated carbocycles. The molecule has 198 valence electrons. The first-order valence-electron chi connectivity index (χ1n) is 13.6. The molecule has 36 heavy (non-hydrogen) atoms. The predicted molar refractivity (Wildman–Crippen MR) is 146 cm³/mol. The molecule has 4 aliphatic rings. The Morgan fingerprint density at radius 2 is 1.61 bits per heavy atom. The first kappa shape index (κ1) is 27.3. The number of rotatable bonds is 6. The molecule has 0 radical (unpaired) electrons. The van der Waals surface area contributed by atoms with Gasteiger partial charge in [0.2, 0.25) is 0 Å². The molecule has 1 unspecified atom stereocenters. The topological polar surface area (TPSA) is 48.0 Å². The maximum atomic E-state index is 13.9. The second kappa shape index (κ2) is 8.91.